The number of aromatic nitrogens is 2. The number of nitrogens with zero attached hydrogens (tertiary/aromatic N) is 2. The van der Waals surface area contributed by atoms with Crippen molar-refractivity contribution in [1.82, 2.24) is 9.78 Å². The van der Waals surface area contributed by atoms with Crippen molar-refractivity contribution in [3.63, 3.8) is 0 Å². The summed E-state index contributed by atoms with van der Waals surface area (Å²) in [5.74, 6) is -0.326. The van der Waals surface area contributed by atoms with Crippen LogP contribution < -0.4 is 0 Å². The molecular weight excluding hydrogens is 243 g/mol. The van der Waals surface area contributed by atoms with Crippen LogP contribution in [0.2, 0.25) is 0 Å². The third-order valence-corrected chi connectivity index (χ3v) is 3.37. The molecule has 1 unspecified atom stereocenters. The van der Waals surface area contributed by atoms with Gasteiger partial charge in [0.2, 0.25) is 0 Å². The molecule has 0 amide bonds. The Morgan fingerprint density at radius 3 is 2.79 bits per heavy atom. The van der Waals surface area contributed by atoms with Gasteiger partial charge in [0.25, 0.3) is 0 Å². The third-order valence-electron chi connectivity index (χ3n) is 3.37. The van der Waals surface area contributed by atoms with Crippen LogP contribution in [0, 0.1) is 12.7 Å². The van der Waals surface area contributed by atoms with E-state index in [4.69, 9.17) is 0 Å². The molecule has 0 bridgehead atoms. The van der Waals surface area contributed by atoms with Crippen molar-refractivity contribution in [2.75, 3.05) is 0 Å². The molecule has 2 aromatic rings. The highest BCUT2D eigenvalue weighted by Crippen LogP contribution is 2.23. The van der Waals surface area contributed by atoms with Gasteiger partial charge in [0.1, 0.15) is 5.82 Å². The number of aryl methyl sites for hydroxylation is 3. The quantitative estimate of drug-likeness (QED) is 0.920. The van der Waals surface area contributed by atoms with Crippen molar-refractivity contribution < 1.29 is 9.50 Å². The van der Waals surface area contributed by atoms with Crippen molar-refractivity contribution in [3.05, 3.63) is 52.6 Å². The lowest BCUT2D eigenvalue weighted by molar-refractivity contribution is 0.171. The average Bonchev–Trinajstić information content (AvgIpc) is 2.73. The van der Waals surface area contributed by atoms with Crippen LogP contribution in [-0.2, 0) is 19.9 Å². The Kier molecular flexibility index (Phi) is 4.00. The fraction of sp³-hybridized carbons (Fsp3) is 0.400. The normalized spacial score (nSPS) is 12.7. The summed E-state index contributed by atoms with van der Waals surface area (Å²) in [4.78, 5) is 0. The monoisotopic (exact) mass is 262 g/mol. The molecule has 3 nitrogen and oxygen atoms in total. The number of hydrogen-bond acceptors (Lipinski definition) is 2. The zero-order valence-electron chi connectivity index (χ0n) is 11.5. The summed E-state index contributed by atoms with van der Waals surface area (Å²) in [6.07, 6.45) is 0.368. The first-order valence-corrected chi connectivity index (χ1v) is 6.47. The molecule has 19 heavy (non-hydrogen) atoms. The molecule has 1 atom stereocenters. The molecular formula is C15H19FN2O. The lowest BCUT2D eigenvalue weighted by Crippen LogP contribution is -2.08. The fourth-order valence-electron chi connectivity index (χ4n) is 2.17. The lowest BCUT2D eigenvalue weighted by atomic mass is 10.0. The first kappa shape index (κ1) is 13.7. The van der Waals surface area contributed by atoms with Crippen LogP contribution in [0.4, 0.5) is 4.39 Å². The highest BCUT2D eigenvalue weighted by molar-refractivity contribution is 5.27. The van der Waals surface area contributed by atoms with Gasteiger partial charge >= 0.3 is 0 Å². The summed E-state index contributed by atoms with van der Waals surface area (Å²) in [5, 5.41) is 14.5. The number of hydrogen-bond donors (Lipinski definition) is 1. The Morgan fingerprint density at radius 2 is 2.16 bits per heavy atom. The second-order valence-corrected chi connectivity index (χ2v) is 4.80. The number of rotatable bonds is 4. The van der Waals surface area contributed by atoms with E-state index in [1.807, 2.05) is 20.0 Å². The Morgan fingerprint density at radius 1 is 1.42 bits per heavy atom. The lowest BCUT2D eigenvalue weighted by Gasteiger charge is -2.13. The molecule has 0 spiro atoms. The Balaban J connectivity index is 2.22. The maximum absolute atomic E-state index is 13.9. The van der Waals surface area contributed by atoms with Crippen molar-refractivity contribution in [1.29, 1.82) is 0 Å². The molecule has 0 saturated heterocycles. The van der Waals surface area contributed by atoms with E-state index in [0.29, 0.717) is 17.5 Å². The van der Waals surface area contributed by atoms with Crippen LogP contribution in [-0.4, -0.2) is 14.9 Å². The highest BCUT2D eigenvalue weighted by atomic mass is 19.1. The number of halogens is 1. The van der Waals surface area contributed by atoms with Gasteiger partial charge in [0.15, 0.2) is 0 Å². The summed E-state index contributed by atoms with van der Waals surface area (Å²) < 4.78 is 15.7. The average molecular weight is 262 g/mol. The smallest absolute Gasteiger partial charge is 0.131 e. The van der Waals surface area contributed by atoms with E-state index >= 15 is 0 Å². The predicted octanol–water partition coefficient (Wildman–Crippen LogP) is 2.71. The molecule has 1 aromatic carbocycles. The van der Waals surface area contributed by atoms with E-state index in [0.717, 1.165) is 17.8 Å². The van der Waals surface area contributed by atoms with Crippen molar-refractivity contribution >= 4 is 0 Å². The predicted molar refractivity (Wildman–Crippen MR) is 72.4 cm³/mol. The van der Waals surface area contributed by atoms with Crippen LogP contribution in [0.25, 0.3) is 0 Å². The summed E-state index contributed by atoms with van der Waals surface area (Å²) in [6, 6.07) is 7.05. The molecule has 1 N–H and O–H groups in total. The SMILES string of the molecule is CCc1cc(CC(O)c2cccc(C)c2F)n(C)n1. The minimum Gasteiger partial charge on any atom is -0.388 e. The maximum Gasteiger partial charge on any atom is 0.131 e. The molecule has 2 rings (SSSR count). The van der Waals surface area contributed by atoms with E-state index in [9.17, 15) is 9.50 Å². The first-order chi connectivity index (χ1) is 9.02. The first-order valence-electron chi connectivity index (χ1n) is 6.47. The Bertz CT molecular complexity index is 578. The molecule has 0 fully saturated rings. The Hall–Kier alpha value is -1.68. The largest absolute Gasteiger partial charge is 0.388 e. The molecule has 0 aliphatic carbocycles. The number of benzene rings is 1. The molecule has 0 aliphatic rings. The Labute approximate surface area is 112 Å². The van der Waals surface area contributed by atoms with Crippen LogP contribution in [0.1, 0.15) is 35.5 Å². The van der Waals surface area contributed by atoms with Gasteiger partial charge in [-0.05, 0) is 25.0 Å². The van der Waals surface area contributed by atoms with E-state index < -0.39 is 6.10 Å². The van der Waals surface area contributed by atoms with Gasteiger partial charge in [-0.2, -0.15) is 5.10 Å². The van der Waals surface area contributed by atoms with Gasteiger partial charge in [0, 0.05) is 24.7 Å². The highest BCUT2D eigenvalue weighted by Gasteiger charge is 2.16. The summed E-state index contributed by atoms with van der Waals surface area (Å²) in [5.41, 5.74) is 2.79. The van der Waals surface area contributed by atoms with Crippen LogP contribution in [0.5, 0.6) is 0 Å². The van der Waals surface area contributed by atoms with Crippen LogP contribution >= 0.6 is 0 Å². The second-order valence-electron chi connectivity index (χ2n) is 4.80. The molecule has 0 radical (unpaired) electrons. The molecule has 0 aliphatic heterocycles. The van der Waals surface area contributed by atoms with Crippen LogP contribution in [0.15, 0.2) is 24.3 Å². The van der Waals surface area contributed by atoms with E-state index in [1.165, 1.54) is 0 Å². The van der Waals surface area contributed by atoms with Crippen molar-refractivity contribution in [2.45, 2.75) is 32.8 Å². The summed E-state index contributed by atoms with van der Waals surface area (Å²) in [7, 11) is 1.84. The van der Waals surface area contributed by atoms with Gasteiger partial charge in [-0.1, -0.05) is 25.1 Å². The van der Waals surface area contributed by atoms with Crippen molar-refractivity contribution in [2.24, 2.45) is 7.05 Å². The molecule has 0 saturated carbocycles. The summed E-state index contributed by atoms with van der Waals surface area (Å²) in [6.45, 7) is 3.73. The van der Waals surface area contributed by atoms with Gasteiger partial charge in [0.05, 0.1) is 11.8 Å². The number of aliphatic hydroxyl groups excluding tert-OH is 1. The van der Waals surface area contributed by atoms with Gasteiger partial charge in [-0.15, -0.1) is 0 Å². The standard InChI is InChI=1S/C15H19FN2O/c1-4-11-8-12(18(3)17-11)9-14(19)13-7-5-6-10(2)15(13)16/h5-8,14,19H,4,9H2,1-3H3. The maximum atomic E-state index is 13.9. The third kappa shape index (κ3) is 2.84. The zero-order valence-corrected chi connectivity index (χ0v) is 11.5. The fourth-order valence-corrected chi connectivity index (χ4v) is 2.17. The van der Waals surface area contributed by atoms with Crippen molar-refractivity contribution in [3.8, 4) is 0 Å². The zero-order chi connectivity index (χ0) is 14.0. The second kappa shape index (κ2) is 5.53. The molecule has 1 heterocycles. The van der Waals surface area contributed by atoms with E-state index in [2.05, 4.69) is 5.10 Å². The topological polar surface area (TPSA) is 38.0 Å². The van der Waals surface area contributed by atoms with E-state index in [1.54, 1.807) is 29.8 Å². The van der Waals surface area contributed by atoms with Gasteiger partial charge in [-0.25, -0.2) is 4.39 Å². The minimum atomic E-state index is -0.847. The van der Waals surface area contributed by atoms with Gasteiger partial charge in [-0.3, -0.25) is 4.68 Å². The molecule has 1 aromatic heterocycles. The summed E-state index contributed by atoms with van der Waals surface area (Å²) >= 11 is 0. The van der Waals surface area contributed by atoms with Crippen LogP contribution in [0.3, 0.4) is 0 Å². The molecule has 4 heteroatoms. The van der Waals surface area contributed by atoms with E-state index in [-0.39, 0.29) is 5.82 Å². The minimum absolute atomic E-state index is 0.326. The molecule has 102 valence electrons. The number of aliphatic hydroxyl groups is 1. The van der Waals surface area contributed by atoms with Gasteiger partial charge < -0.3 is 5.11 Å².